The first-order valence-electron chi connectivity index (χ1n) is 9.57. The van der Waals surface area contributed by atoms with Crippen LogP contribution in [0, 0.1) is 0 Å². The summed E-state index contributed by atoms with van der Waals surface area (Å²) < 4.78 is 10.7. The topological polar surface area (TPSA) is 64.6 Å². The summed E-state index contributed by atoms with van der Waals surface area (Å²) in [5, 5.41) is 2.66. The molecule has 28 heavy (non-hydrogen) atoms. The smallest absolute Gasteiger partial charge is 0.408 e. The van der Waals surface area contributed by atoms with Crippen molar-refractivity contribution < 1.29 is 19.1 Å². The van der Waals surface area contributed by atoms with Gasteiger partial charge in [0, 0.05) is 0 Å². The van der Waals surface area contributed by atoms with E-state index in [9.17, 15) is 9.59 Å². The van der Waals surface area contributed by atoms with E-state index < -0.39 is 23.7 Å². The van der Waals surface area contributed by atoms with Gasteiger partial charge in [-0.25, -0.2) is 9.59 Å². The Morgan fingerprint density at radius 2 is 1.50 bits per heavy atom. The lowest BCUT2D eigenvalue weighted by atomic mass is 10.0. The van der Waals surface area contributed by atoms with Crippen molar-refractivity contribution in [3.05, 3.63) is 71.8 Å². The summed E-state index contributed by atoms with van der Waals surface area (Å²) in [7, 11) is 0. The van der Waals surface area contributed by atoms with E-state index in [0.29, 0.717) is 6.42 Å². The number of ether oxygens (including phenoxy) is 2. The lowest BCUT2D eigenvalue weighted by Crippen LogP contribution is -2.44. The van der Waals surface area contributed by atoms with Crippen LogP contribution < -0.4 is 5.32 Å². The summed E-state index contributed by atoms with van der Waals surface area (Å²) >= 11 is 0. The zero-order valence-corrected chi connectivity index (χ0v) is 16.8. The quantitative estimate of drug-likeness (QED) is 0.674. The van der Waals surface area contributed by atoms with Crippen LogP contribution >= 0.6 is 0 Å². The van der Waals surface area contributed by atoms with E-state index in [1.807, 2.05) is 60.7 Å². The Morgan fingerprint density at radius 1 is 0.929 bits per heavy atom. The second-order valence-electron chi connectivity index (χ2n) is 7.67. The van der Waals surface area contributed by atoms with Crippen molar-refractivity contribution in [3.8, 4) is 0 Å². The summed E-state index contributed by atoms with van der Waals surface area (Å²) in [6, 6.07) is 18.7. The van der Waals surface area contributed by atoms with Gasteiger partial charge in [0.1, 0.15) is 18.2 Å². The zero-order valence-electron chi connectivity index (χ0n) is 16.8. The molecular formula is C23H29NO4. The molecule has 0 aliphatic carbocycles. The first-order valence-corrected chi connectivity index (χ1v) is 9.57. The van der Waals surface area contributed by atoms with Crippen LogP contribution in [0.1, 0.15) is 44.7 Å². The first-order chi connectivity index (χ1) is 13.3. The molecule has 0 spiro atoms. The highest BCUT2D eigenvalue weighted by atomic mass is 16.6. The summed E-state index contributed by atoms with van der Waals surface area (Å²) in [4.78, 5) is 24.7. The SMILES string of the molecule is CC(C)(C)OC(=O)N[C@@H](CCCc1ccccc1)C(=O)OCc1ccccc1. The summed E-state index contributed by atoms with van der Waals surface area (Å²) in [5.41, 5.74) is 1.46. The van der Waals surface area contributed by atoms with Gasteiger partial charge in [-0.2, -0.15) is 0 Å². The number of amides is 1. The van der Waals surface area contributed by atoms with Crippen LogP contribution in [0.15, 0.2) is 60.7 Å². The van der Waals surface area contributed by atoms with Crippen LogP contribution in [0.5, 0.6) is 0 Å². The van der Waals surface area contributed by atoms with Gasteiger partial charge in [0.15, 0.2) is 0 Å². The number of benzene rings is 2. The average molecular weight is 383 g/mol. The largest absolute Gasteiger partial charge is 0.459 e. The molecule has 0 saturated heterocycles. The third-order valence-corrected chi connectivity index (χ3v) is 4.00. The highest BCUT2D eigenvalue weighted by Gasteiger charge is 2.25. The maximum absolute atomic E-state index is 12.6. The van der Waals surface area contributed by atoms with E-state index >= 15 is 0 Å². The number of hydrogen-bond acceptors (Lipinski definition) is 4. The zero-order chi connectivity index (χ0) is 20.4. The number of rotatable bonds is 8. The summed E-state index contributed by atoms with van der Waals surface area (Å²) in [5.74, 6) is -0.456. The normalized spacial score (nSPS) is 12.1. The van der Waals surface area contributed by atoms with Gasteiger partial charge in [-0.1, -0.05) is 60.7 Å². The molecule has 0 fully saturated rings. The van der Waals surface area contributed by atoms with E-state index in [1.165, 1.54) is 5.56 Å². The van der Waals surface area contributed by atoms with Crippen molar-refractivity contribution in [3.63, 3.8) is 0 Å². The average Bonchev–Trinajstić information content (AvgIpc) is 2.65. The Morgan fingerprint density at radius 3 is 2.07 bits per heavy atom. The highest BCUT2D eigenvalue weighted by molar-refractivity contribution is 5.81. The van der Waals surface area contributed by atoms with Crippen molar-refractivity contribution in [2.45, 2.75) is 58.3 Å². The number of aryl methyl sites for hydroxylation is 1. The number of nitrogens with one attached hydrogen (secondary N) is 1. The van der Waals surface area contributed by atoms with Crippen molar-refractivity contribution >= 4 is 12.1 Å². The lowest BCUT2D eigenvalue weighted by molar-refractivity contribution is -0.147. The predicted molar refractivity (Wildman–Crippen MR) is 109 cm³/mol. The second-order valence-corrected chi connectivity index (χ2v) is 7.67. The Hall–Kier alpha value is -2.82. The minimum Gasteiger partial charge on any atom is -0.459 e. The molecule has 1 N–H and O–H groups in total. The van der Waals surface area contributed by atoms with E-state index in [2.05, 4.69) is 5.32 Å². The van der Waals surface area contributed by atoms with Crippen LogP contribution in [-0.4, -0.2) is 23.7 Å². The molecule has 0 aliphatic heterocycles. The van der Waals surface area contributed by atoms with Gasteiger partial charge in [0.2, 0.25) is 0 Å². The van der Waals surface area contributed by atoms with Crippen LogP contribution in [0.25, 0.3) is 0 Å². The Kier molecular flexibility index (Phi) is 8.05. The van der Waals surface area contributed by atoms with Gasteiger partial charge in [-0.3, -0.25) is 0 Å². The van der Waals surface area contributed by atoms with Gasteiger partial charge >= 0.3 is 12.1 Å². The molecule has 1 amide bonds. The van der Waals surface area contributed by atoms with Crippen LogP contribution in [0.2, 0.25) is 0 Å². The summed E-state index contributed by atoms with van der Waals surface area (Å²) in [6.45, 7) is 5.52. The molecule has 0 unspecified atom stereocenters. The number of carbonyl (C=O) groups is 2. The van der Waals surface area contributed by atoms with E-state index in [1.54, 1.807) is 20.8 Å². The maximum Gasteiger partial charge on any atom is 0.408 e. The molecule has 0 heterocycles. The number of hydrogen-bond donors (Lipinski definition) is 1. The van der Waals surface area contributed by atoms with Crippen molar-refractivity contribution in [2.24, 2.45) is 0 Å². The van der Waals surface area contributed by atoms with E-state index in [-0.39, 0.29) is 6.61 Å². The fourth-order valence-corrected chi connectivity index (χ4v) is 2.68. The molecule has 0 saturated carbocycles. The van der Waals surface area contributed by atoms with Crippen molar-refractivity contribution in [1.82, 2.24) is 5.32 Å². The molecule has 5 nitrogen and oxygen atoms in total. The molecule has 2 aromatic rings. The van der Waals surface area contributed by atoms with Crippen LogP contribution in [0.4, 0.5) is 4.79 Å². The number of carbonyl (C=O) groups excluding carboxylic acids is 2. The molecule has 0 aromatic heterocycles. The fourth-order valence-electron chi connectivity index (χ4n) is 2.68. The molecule has 5 heteroatoms. The Labute approximate surface area is 167 Å². The van der Waals surface area contributed by atoms with Gasteiger partial charge in [0.25, 0.3) is 0 Å². The Bertz CT molecular complexity index is 738. The first kappa shape index (κ1) is 21.5. The maximum atomic E-state index is 12.6. The fraction of sp³-hybridized carbons (Fsp3) is 0.391. The molecule has 0 radical (unpaired) electrons. The monoisotopic (exact) mass is 383 g/mol. The molecule has 150 valence electrons. The van der Waals surface area contributed by atoms with Crippen molar-refractivity contribution in [2.75, 3.05) is 0 Å². The van der Waals surface area contributed by atoms with Crippen LogP contribution in [0.3, 0.4) is 0 Å². The molecule has 2 rings (SSSR count). The Balaban J connectivity index is 1.93. The predicted octanol–water partition coefficient (Wildman–Crippen LogP) is 4.65. The molecular weight excluding hydrogens is 354 g/mol. The lowest BCUT2D eigenvalue weighted by Gasteiger charge is -2.23. The van der Waals surface area contributed by atoms with Gasteiger partial charge in [0.05, 0.1) is 0 Å². The second kappa shape index (κ2) is 10.5. The molecule has 0 aliphatic rings. The van der Waals surface area contributed by atoms with Crippen LogP contribution in [-0.2, 0) is 27.3 Å². The third-order valence-electron chi connectivity index (χ3n) is 4.00. The number of alkyl carbamates (subject to hydrolysis) is 1. The minimum absolute atomic E-state index is 0.171. The standard InChI is InChI=1S/C23H29NO4/c1-23(2,3)28-22(26)24-20(16-10-15-18-11-6-4-7-12-18)21(25)27-17-19-13-8-5-9-14-19/h4-9,11-14,20H,10,15-17H2,1-3H3,(H,24,26)/t20-/m0/s1. The number of esters is 1. The van der Waals surface area contributed by atoms with Gasteiger partial charge < -0.3 is 14.8 Å². The molecule has 2 aromatic carbocycles. The molecule has 0 bridgehead atoms. The summed E-state index contributed by atoms with van der Waals surface area (Å²) in [6.07, 6.45) is 1.42. The van der Waals surface area contributed by atoms with Crippen molar-refractivity contribution in [1.29, 1.82) is 0 Å². The third kappa shape index (κ3) is 8.25. The van der Waals surface area contributed by atoms with Gasteiger partial charge in [-0.15, -0.1) is 0 Å². The minimum atomic E-state index is -0.748. The highest BCUT2D eigenvalue weighted by Crippen LogP contribution is 2.11. The van der Waals surface area contributed by atoms with E-state index in [4.69, 9.17) is 9.47 Å². The molecule has 1 atom stereocenters. The van der Waals surface area contributed by atoms with Gasteiger partial charge in [-0.05, 0) is 51.2 Å². The van der Waals surface area contributed by atoms with E-state index in [0.717, 1.165) is 18.4 Å².